The summed E-state index contributed by atoms with van der Waals surface area (Å²) >= 11 is 12.4. The highest BCUT2D eigenvalue weighted by atomic mass is 35.5. The van der Waals surface area contributed by atoms with Gasteiger partial charge in [-0.15, -0.1) is 10.1 Å². The summed E-state index contributed by atoms with van der Waals surface area (Å²) in [6.07, 6.45) is -1.64. The van der Waals surface area contributed by atoms with Gasteiger partial charge in [0.1, 0.15) is 12.4 Å². The third-order valence-electron chi connectivity index (χ3n) is 4.34. The maximum Gasteiger partial charge on any atom is 0.515 e. The van der Waals surface area contributed by atoms with Crippen molar-refractivity contribution in [2.24, 2.45) is 4.99 Å². The first-order valence-corrected chi connectivity index (χ1v) is 10.1. The van der Waals surface area contributed by atoms with Crippen molar-refractivity contribution < 1.29 is 24.2 Å². The number of benzene rings is 2. The first kappa shape index (κ1) is 23.2. The average Bonchev–Trinajstić information content (AvgIpc) is 3.18. The number of anilines is 2. The third-order valence-corrected chi connectivity index (χ3v) is 4.94. The van der Waals surface area contributed by atoms with Crippen LogP contribution in [0.4, 0.5) is 16.2 Å². The fourth-order valence-electron chi connectivity index (χ4n) is 2.85. The van der Waals surface area contributed by atoms with Crippen LogP contribution >= 0.6 is 23.2 Å². The van der Waals surface area contributed by atoms with Crippen LogP contribution in [0.15, 0.2) is 41.4 Å². The van der Waals surface area contributed by atoms with Crippen molar-refractivity contribution >= 4 is 46.7 Å². The lowest BCUT2D eigenvalue weighted by Gasteiger charge is -2.27. The molecular formula is C19H19Cl2N5O6. The minimum absolute atomic E-state index is 0.207. The molecule has 13 heteroatoms. The van der Waals surface area contributed by atoms with Gasteiger partial charge in [0.25, 0.3) is 5.09 Å². The predicted molar refractivity (Wildman–Crippen MR) is 118 cm³/mol. The van der Waals surface area contributed by atoms with Crippen molar-refractivity contribution in [3.8, 4) is 5.75 Å². The number of nitrogens with one attached hydrogen (secondary N) is 1. The molecule has 3 rings (SSSR count). The van der Waals surface area contributed by atoms with Crippen LogP contribution in [0.2, 0.25) is 10.0 Å². The van der Waals surface area contributed by atoms with Gasteiger partial charge in [-0.3, -0.25) is 4.99 Å². The van der Waals surface area contributed by atoms with Crippen molar-refractivity contribution in [2.45, 2.75) is 19.8 Å². The van der Waals surface area contributed by atoms with E-state index in [0.29, 0.717) is 46.0 Å². The lowest BCUT2D eigenvalue weighted by atomic mass is 10.2. The zero-order valence-electron chi connectivity index (χ0n) is 16.8. The van der Waals surface area contributed by atoms with Gasteiger partial charge >= 0.3 is 6.16 Å². The first-order chi connectivity index (χ1) is 15.2. The van der Waals surface area contributed by atoms with Gasteiger partial charge in [-0.2, -0.15) is 0 Å². The van der Waals surface area contributed by atoms with Gasteiger partial charge in [0.15, 0.2) is 6.23 Å². The molecule has 0 aliphatic carbocycles. The minimum Gasteiger partial charge on any atom is -0.410 e. The molecule has 1 atom stereocenters. The van der Waals surface area contributed by atoms with E-state index in [2.05, 4.69) is 15.1 Å². The van der Waals surface area contributed by atoms with E-state index < -0.39 is 17.5 Å². The van der Waals surface area contributed by atoms with E-state index in [-0.39, 0.29) is 12.4 Å². The second-order valence-corrected chi connectivity index (χ2v) is 7.41. The van der Waals surface area contributed by atoms with Crippen molar-refractivity contribution in [2.75, 3.05) is 24.1 Å². The number of nitrogens with zero attached hydrogens (tertiary/aromatic N) is 3. The zero-order chi connectivity index (χ0) is 23.3. The number of guanidine groups is 1. The smallest absolute Gasteiger partial charge is 0.410 e. The van der Waals surface area contributed by atoms with Crippen molar-refractivity contribution in [1.82, 2.24) is 4.90 Å². The molecule has 1 heterocycles. The Balaban J connectivity index is 1.57. The van der Waals surface area contributed by atoms with Crippen LogP contribution in [-0.2, 0) is 16.2 Å². The fourth-order valence-corrected chi connectivity index (χ4v) is 3.45. The molecule has 0 amide bonds. The number of carbonyl (C=O) groups is 1. The van der Waals surface area contributed by atoms with Crippen LogP contribution < -0.4 is 15.8 Å². The number of nitrogens with two attached hydrogens (primary N) is 1. The number of hydrogen-bond donors (Lipinski definition) is 2. The Kier molecular flexibility index (Phi) is 7.44. The molecule has 170 valence electrons. The molecule has 1 aliphatic heterocycles. The van der Waals surface area contributed by atoms with Gasteiger partial charge in [-0.1, -0.05) is 35.3 Å². The monoisotopic (exact) mass is 483 g/mol. The Morgan fingerprint density at radius 2 is 1.97 bits per heavy atom. The quantitative estimate of drug-likeness (QED) is 0.197. The van der Waals surface area contributed by atoms with Crippen LogP contribution in [0.1, 0.15) is 12.5 Å². The second-order valence-electron chi connectivity index (χ2n) is 6.59. The number of carbonyl (C=O) groups excluding carboxylic acids is 1. The molecular weight excluding hydrogens is 465 g/mol. The molecule has 0 saturated heterocycles. The SMILES string of the molecule is CC(OC(=O)Oc1ccc(CO[N+](=O)[O-])cc1)N1CCN=C1Nc1c(Cl)cc(N)cc1Cl. The summed E-state index contributed by atoms with van der Waals surface area (Å²) in [5.74, 6) is 0.634. The predicted octanol–water partition coefficient (Wildman–Crippen LogP) is 3.93. The number of ether oxygens (including phenoxy) is 2. The largest absolute Gasteiger partial charge is 0.515 e. The summed E-state index contributed by atoms with van der Waals surface area (Å²) in [4.78, 5) is 32.8. The molecule has 32 heavy (non-hydrogen) atoms. The Morgan fingerprint density at radius 3 is 2.59 bits per heavy atom. The number of halogens is 2. The summed E-state index contributed by atoms with van der Waals surface area (Å²) < 4.78 is 10.5. The van der Waals surface area contributed by atoms with Crippen LogP contribution in [0.25, 0.3) is 0 Å². The number of aliphatic imine (C=N–C) groups is 1. The highest BCUT2D eigenvalue weighted by molar-refractivity contribution is 6.40. The third kappa shape index (κ3) is 6.05. The molecule has 0 fully saturated rings. The van der Waals surface area contributed by atoms with E-state index in [9.17, 15) is 14.9 Å². The molecule has 3 N–H and O–H groups in total. The summed E-state index contributed by atoms with van der Waals surface area (Å²) in [6, 6.07) is 9.12. The molecule has 0 spiro atoms. The second kappa shape index (κ2) is 10.2. The molecule has 11 nitrogen and oxygen atoms in total. The summed E-state index contributed by atoms with van der Waals surface area (Å²) in [6.45, 7) is 2.42. The van der Waals surface area contributed by atoms with Crippen molar-refractivity contribution in [3.05, 3.63) is 62.1 Å². The number of nitrogen functional groups attached to an aromatic ring is 1. The molecule has 0 bridgehead atoms. The maximum absolute atomic E-state index is 12.2. The first-order valence-electron chi connectivity index (χ1n) is 9.30. The maximum atomic E-state index is 12.2. The van der Waals surface area contributed by atoms with Gasteiger partial charge in [-0.25, -0.2) is 4.79 Å². The normalized spacial score (nSPS) is 13.8. The van der Waals surface area contributed by atoms with Crippen molar-refractivity contribution in [3.63, 3.8) is 0 Å². The Hall–Kier alpha value is -3.44. The molecule has 2 aromatic rings. The van der Waals surface area contributed by atoms with E-state index >= 15 is 0 Å². The zero-order valence-corrected chi connectivity index (χ0v) is 18.3. The Labute approximate surface area is 192 Å². The minimum atomic E-state index is -0.929. The highest BCUT2D eigenvalue weighted by Gasteiger charge is 2.27. The van der Waals surface area contributed by atoms with Crippen LogP contribution in [0, 0.1) is 10.1 Å². The van der Waals surface area contributed by atoms with Crippen molar-refractivity contribution in [1.29, 1.82) is 0 Å². The van der Waals surface area contributed by atoms with Crippen LogP contribution in [-0.4, -0.2) is 41.4 Å². The van der Waals surface area contributed by atoms with Gasteiger partial charge in [0, 0.05) is 12.2 Å². The lowest BCUT2D eigenvalue weighted by molar-refractivity contribution is -0.763. The van der Waals surface area contributed by atoms with E-state index in [1.165, 1.54) is 24.3 Å². The van der Waals surface area contributed by atoms with E-state index in [1.807, 2.05) is 0 Å². The van der Waals surface area contributed by atoms with Crippen LogP contribution in [0.3, 0.4) is 0 Å². The highest BCUT2D eigenvalue weighted by Crippen LogP contribution is 2.33. The summed E-state index contributed by atoms with van der Waals surface area (Å²) in [5.41, 5.74) is 7.12. The molecule has 0 radical (unpaired) electrons. The Morgan fingerprint density at radius 1 is 1.31 bits per heavy atom. The molecule has 1 aliphatic rings. The van der Waals surface area contributed by atoms with E-state index in [4.69, 9.17) is 38.4 Å². The lowest BCUT2D eigenvalue weighted by Crippen LogP contribution is -2.42. The summed E-state index contributed by atoms with van der Waals surface area (Å²) in [7, 11) is 0. The van der Waals surface area contributed by atoms with Crippen LogP contribution in [0.5, 0.6) is 5.75 Å². The average molecular weight is 484 g/mol. The van der Waals surface area contributed by atoms with E-state index in [1.54, 1.807) is 24.0 Å². The Bertz CT molecular complexity index is 1010. The number of hydrogen-bond acceptors (Lipinski definition) is 10. The van der Waals surface area contributed by atoms with Gasteiger partial charge in [-0.05, 0) is 36.8 Å². The molecule has 2 aromatic carbocycles. The van der Waals surface area contributed by atoms with Gasteiger partial charge in [0.2, 0.25) is 5.96 Å². The molecule has 0 aromatic heterocycles. The fraction of sp³-hybridized carbons (Fsp3) is 0.263. The van der Waals surface area contributed by atoms with Gasteiger partial charge < -0.3 is 30.3 Å². The molecule has 0 saturated carbocycles. The molecule has 1 unspecified atom stereocenters. The summed E-state index contributed by atoms with van der Waals surface area (Å²) in [5, 5.41) is 13.0. The van der Waals surface area contributed by atoms with Gasteiger partial charge in [0.05, 0.1) is 22.3 Å². The topological polar surface area (TPSA) is 142 Å². The van der Waals surface area contributed by atoms with E-state index in [0.717, 1.165) is 0 Å². The standard InChI is InChI=1S/C19H19Cl2N5O6/c1-11(31-19(27)32-14-4-2-12(3-5-14)10-30-26(28)29)25-7-6-23-18(25)24-17-15(20)8-13(22)9-16(17)21/h2-5,8-9,11H,6-7,10,22H2,1H3,(H,23,24). The number of rotatable bonds is 7.